The zero-order chi connectivity index (χ0) is 20.5. The molecule has 2 aliphatic rings. The number of rotatable bonds is 5. The van der Waals surface area contributed by atoms with Crippen LogP contribution >= 0.6 is 0 Å². The summed E-state index contributed by atoms with van der Waals surface area (Å²) in [7, 11) is 1.78. The van der Waals surface area contributed by atoms with Gasteiger partial charge in [-0.3, -0.25) is 14.7 Å². The second kappa shape index (κ2) is 8.07. The summed E-state index contributed by atoms with van der Waals surface area (Å²) in [5.74, 6) is 1.41. The van der Waals surface area contributed by atoms with Crippen molar-refractivity contribution in [2.24, 2.45) is 0 Å². The van der Waals surface area contributed by atoms with Crippen molar-refractivity contribution in [3.05, 3.63) is 48.0 Å². The third kappa shape index (κ3) is 3.54. The van der Waals surface area contributed by atoms with Gasteiger partial charge in [-0.1, -0.05) is 18.2 Å². The number of aromatic nitrogens is 3. The fraction of sp³-hybridized carbons (Fsp3) is 0.435. The minimum Gasteiger partial charge on any atom is -0.381 e. The van der Waals surface area contributed by atoms with Gasteiger partial charge in [-0.25, -0.2) is 9.97 Å². The zero-order valence-electron chi connectivity index (χ0n) is 17.3. The first-order chi connectivity index (χ1) is 14.7. The van der Waals surface area contributed by atoms with E-state index in [1.807, 2.05) is 42.5 Å². The first-order valence-electron chi connectivity index (χ1n) is 10.8. The summed E-state index contributed by atoms with van der Waals surface area (Å²) in [6, 6.07) is 13.7. The zero-order valence-corrected chi connectivity index (χ0v) is 17.3. The van der Waals surface area contributed by atoms with Crippen LogP contribution in [0.15, 0.2) is 42.5 Å². The molecule has 1 aromatic carbocycles. The number of carbonyl (C=O) groups is 1. The van der Waals surface area contributed by atoms with Gasteiger partial charge in [0.05, 0.1) is 6.10 Å². The van der Waals surface area contributed by atoms with Crippen molar-refractivity contribution in [2.45, 2.75) is 44.2 Å². The van der Waals surface area contributed by atoms with Crippen LogP contribution in [0, 0.1) is 0 Å². The van der Waals surface area contributed by atoms with Gasteiger partial charge in [0, 0.05) is 31.8 Å². The normalized spacial score (nSPS) is 17.8. The number of piperidine rings is 1. The van der Waals surface area contributed by atoms with Crippen LogP contribution < -0.4 is 10.2 Å². The van der Waals surface area contributed by atoms with Crippen molar-refractivity contribution in [3.63, 3.8) is 0 Å². The fourth-order valence-electron chi connectivity index (χ4n) is 4.30. The second-order valence-electron chi connectivity index (χ2n) is 8.14. The van der Waals surface area contributed by atoms with E-state index >= 15 is 0 Å². The van der Waals surface area contributed by atoms with E-state index in [0.29, 0.717) is 23.7 Å². The number of methoxy groups -OCH3 is 1. The monoisotopic (exact) mass is 405 g/mol. The number of imidazole rings is 1. The number of nitrogens with one attached hydrogen (secondary N) is 1. The van der Waals surface area contributed by atoms with Gasteiger partial charge in [-0.2, -0.15) is 0 Å². The van der Waals surface area contributed by atoms with Gasteiger partial charge in [0.25, 0.3) is 5.91 Å². The van der Waals surface area contributed by atoms with Crippen molar-refractivity contribution < 1.29 is 9.53 Å². The van der Waals surface area contributed by atoms with Crippen LogP contribution in [-0.2, 0) is 4.74 Å². The first kappa shape index (κ1) is 19.1. The molecule has 0 radical (unpaired) electrons. The summed E-state index contributed by atoms with van der Waals surface area (Å²) < 4.78 is 7.62. The lowest BCUT2D eigenvalue weighted by Gasteiger charge is -2.32. The lowest BCUT2D eigenvalue weighted by atomic mass is 9.93. The van der Waals surface area contributed by atoms with Gasteiger partial charge in [0.2, 0.25) is 5.95 Å². The highest BCUT2D eigenvalue weighted by molar-refractivity contribution is 6.04. The van der Waals surface area contributed by atoms with Gasteiger partial charge in [-0.05, 0) is 56.4 Å². The lowest BCUT2D eigenvalue weighted by molar-refractivity contribution is 0.0818. The quantitative estimate of drug-likeness (QED) is 0.694. The van der Waals surface area contributed by atoms with E-state index in [-0.39, 0.29) is 5.91 Å². The summed E-state index contributed by atoms with van der Waals surface area (Å²) in [5, 5.41) is 3.02. The van der Waals surface area contributed by atoms with Gasteiger partial charge >= 0.3 is 0 Å². The number of fused-ring (bicyclic) bond motifs is 1. The Morgan fingerprint density at radius 2 is 1.80 bits per heavy atom. The van der Waals surface area contributed by atoms with Crippen molar-refractivity contribution in [3.8, 4) is 0 Å². The topological polar surface area (TPSA) is 72.3 Å². The molecule has 2 fully saturated rings. The average Bonchev–Trinajstić information content (AvgIpc) is 3.10. The third-order valence-electron chi connectivity index (χ3n) is 6.32. The maximum absolute atomic E-state index is 12.7. The fourth-order valence-corrected chi connectivity index (χ4v) is 4.30. The Kier molecular flexibility index (Phi) is 5.12. The Labute approximate surface area is 176 Å². The number of hydrogen-bond acceptors (Lipinski definition) is 5. The standard InChI is InChI=1S/C23H27N5O2/c1-30-18-12-14-27(15-13-18)20-11-10-19-21(25-20)28(17-8-5-9-17)23(24-19)26-22(29)16-6-3-2-4-7-16/h2-4,6-7,10-11,17-18H,5,8-9,12-15H2,1H3,(H,24,26,29). The molecule has 7 nitrogen and oxygen atoms in total. The van der Waals surface area contributed by atoms with E-state index in [1.165, 1.54) is 6.42 Å². The van der Waals surface area contributed by atoms with Crippen LogP contribution in [0.3, 0.4) is 0 Å². The lowest BCUT2D eigenvalue weighted by Crippen LogP contribution is -2.37. The molecule has 1 saturated heterocycles. The van der Waals surface area contributed by atoms with Crippen molar-refractivity contribution in [1.29, 1.82) is 0 Å². The predicted molar refractivity (Wildman–Crippen MR) is 117 cm³/mol. The minimum atomic E-state index is -0.145. The average molecular weight is 406 g/mol. The third-order valence-corrected chi connectivity index (χ3v) is 6.32. The smallest absolute Gasteiger partial charge is 0.257 e. The number of anilines is 2. The Hall–Kier alpha value is -2.93. The Balaban J connectivity index is 1.47. The van der Waals surface area contributed by atoms with E-state index < -0.39 is 0 Å². The molecule has 0 spiro atoms. The molecule has 0 unspecified atom stereocenters. The van der Waals surface area contributed by atoms with Crippen LogP contribution in [-0.4, -0.2) is 46.7 Å². The molecule has 156 valence electrons. The van der Waals surface area contributed by atoms with E-state index in [0.717, 1.165) is 55.8 Å². The highest BCUT2D eigenvalue weighted by atomic mass is 16.5. The van der Waals surface area contributed by atoms with E-state index in [1.54, 1.807) is 7.11 Å². The van der Waals surface area contributed by atoms with Crippen molar-refractivity contribution >= 4 is 28.8 Å². The molecule has 2 aromatic heterocycles. The molecule has 30 heavy (non-hydrogen) atoms. The van der Waals surface area contributed by atoms with Gasteiger partial charge in [-0.15, -0.1) is 0 Å². The highest BCUT2D eigenvalue weighted by Crippen LogP contribution is 2.37. The summed E-state index contributed by atoms with van der Waals surface area (Å²) in [4.78, 5) is 24.8. The molecule has 3 aromatic rings. The molecular weight excluding hydrogens is 378 g/mol. The summed E-state index contributed by atoms with van der Waals surface area (Å²) in [5.41, 5.74) is 2.30. The number of carbonyl (C=O) groups excluding carboxylic acids is 1. The number of ether oxygens (including phenoxy) is 1. The van der Waals surface area contributed by atoms with Crippen LogP contribution in [0.1, 0.15) is 48.5 Å². The number of amides is 1. The molecule has 1 saturated carbocycles. The van der Waals surface area contributed by atoms with E-state index in [4.69, 9.17) is 14.7 Å². The van der Waals surface area contributed by atoms with Crippen LogP contribution in [0.25, 0.3) is 11.2 Å². The first-order valence-corrected chi connectivity index (χ1v) is 10.8. The molecule has 7 heteroatoms. The second-order valence-corrected chi connectivity index (χ2v) is 8.14. The van der Waals surface area contributed by atoms with Gasteiger partial charge in [0.1, 0.15) is 11.3 Å². The molecule has 1 N–H and O–H groups in total. The SMILES string of the molecule is COC1CCN(c2ccc3nc(NC(=O)c4ccccc4)n(C4CCC4)c3n2)CC1. The Morgan fingerprint density at radius 3 is 2.47 bits per heavy atom. The van der Waals surface area contributed by atoms with Crippen LogP contribution in [0.4, 0.5) is 11.8 Å². The molecule has 3 heterocycles. The molecular formula is C23H27N5O2. The molecule has 5 rings (SSSR count). The highest BCUT2D eigenvalue weighted by Gasteiger charge is 2.27. The van der Waals surface area contributed by atoms with Gasteiger partial charge < -0.3 is 9.64 Å². The van der Waals surface area contributed by atoms with Gasteiger partial charge in [0.15, 0.2) is 5.65 Å². The molecule has 0 atom stereocenters. The number of benzene rings is 1. The van der Waals surface area contributed by atoms with E-state index in [2.05, 4.69) is 14.8 Å². The molecule has 1 amide bonds. The molecule has 1 aliphatic heterocycles. The van der Waals surface area contributed by atoms with Crippen LogP contribution in [0.2, 0.25) is 0 Å². The van der Waals surface area contributed by atoms with E-state index in [9.17, 15) is 4.79 Å². The number of pyridine rings is 1. The maximum atomic E-state index is 12.7. The molecule has 1 aliphatic carbocycles. The Bertz CT molecular complexity index is 1040. The maximum Gasteiger partial charge on any atom is 0.257 e. The minimum absolute atomic E-state index is 0.145. The summed E-state index contributed by atoms with van der Waals surface area (Å²) >= 11 is 0. The largest absolute Gasteiger partial charge is 0.381 e. The summed E-state index contributed by atoms with van der Waals surface area (Å²) in [6.07, 6.45) is 5.73. The predicted octanol–water partition coefficient (Wildman–Crippen LogP) is 4.02. The van der Waals surface area contributed by atoms with Crippen LogP contribution in [0.5, 0.6) is 0 Å². The Morgan fingerprint density at radius 1 is 1.03 bits per heavy atom. The summed E-state index contributed by atoms with van der Waals surface area (Å²) in [6.45, 7) is 1.87. The van der Waals surface area contributed by atoms with Crippen molar-refractivity contribution in [2.75, 3.05) is 30.4 Å². The van der Waals surface area contributed by atoms with Crippen molar-refractivity contribution in [1.82, 2.24) is 14.5 Å². The molecule has 0 bridgehead atoms. The number of hydrogen-bond donors (Lipinski definition) is 1. The number of nitrogens with zero attached hydrogens (tertiary/aromatic N) is 4.